The van der Waals surface area contributed by atoms with Gasteiger partial charge in [0.2, 0.25) is 6.10 Å². The average molecular weight is 553 g/mol. The van der Waals surface area contributed by atoms with E-state index in [9.17, 15) is 13.2 Å². The van der Waals surface area contributed by atoms with Crippen LogP contribution in [0, 0.1) is 6.92 Å². The van der Waals surface area contributed by atoms with Crippen molar-refractivity contribution in [3.63, 3.8) is 0 Å². The molecule has 1 aliphatic heterocycles. The molecule has 0 saturated carbocycles. The third-order valence-electron chi connectivity index (χ3n) is 6.03. The van der Waals surface area contributed by atoms with Gasteiger partial charge in [0.15, 0.2) is 6.17 Å². The molecule has 0 aliphatic carbocycles. The topological polar surface area (TPSA) is 66.9 Å². The van der Waals surface area contributed by atoms with Crippen molar-refractivity contribution in [2.75, 3.05) is 9.21 Å². The molecule has 0 spiro atoms. The Labute approximate surface area is 225 Å². The molecular formula is C28H22Cl2N2O4S. The third kappa shape index (κ3) is 4.90. The molecule has 37 heavy (non-hydrogen) atoms. The predicted octanol–water partition coefficient (Wildman–Crippen LogP) is 6.32. The van der Waals surface area contributed by atoms with Crippen molar-refractivity contribution in [1.29, 1.82) is 0 Å². The molecule has 1 amide bonds. The Balaban J connectivity index is 1.67. The average Bonchev–Trinajstić information content (AvgIpc) is 2.90. The molecule has 9 heteroatoms. The van der Waals surface area contributed by atoms with Crippen LogP contribution in [0.25, 0.3) is 0 Å². The van der Waals surface area contributed by atoms with Gasteiger partial charge in [-0.25, -0.2) is 12.7 Å². The van der Waals surface area contributed by atoms with Gasteiger partial charge in [-0.15, -0.1) is 0 Å². The molecular weight excluding hydrogens is 531 g/mol. The van der Waals surface area contributed by atoms with Gasteiger partial charge in [-0.05, 0) is 79.7 Å². The molecule has 5 rings (SSSR count). The lowest BCUT2D eigenvalue weighted by molar-refractivity contribution is -0.134. The van der Waals surface area contributed by atoms with E-state index in [-0.39, 0.29) is 10.8 Å². The van der Waals surface area contributed by atoms with Crippen LogP contribution in [0.3, 0.4) is 0 Å². The highest BCUT2D eigenvalue weighted by Gasteiger charge is 2.56. The number of hydrogen-bond acceptors (Lipinski definition) is 4. The van der Waals surface area contributed by atoms with E-state index in [1.807, 2.05) is 13.0 Å². The van der Waals surface area contributed by atoms with E-state index < -0.39 is 22.3 Å². The summed E-state index contributed by atoms with van der Waals surface area (Å²) in [6.07, 6.45) is -2.13. The van der Waals surface area contributed by atoms with Crippen LogP contribution < -0.4 is 13.9 Å². The molecule has 0 bridgehead atoms. The number of benzene rings is 4. The van der Waals surface area contributed by atoms with Crippen molar-refractivity contribution in [3.05, 3.63) is 119 Å². The van der Waals surface area contributed by atoms with Crippen molar-refractivity contribution in [3.8, 4) is 5.75 Å². The molecule has 188 valence electrons. The zero-order chi connectivity index (χ0) is 26.2. The van der Waals surface area contributed by atoms with Crippen LogP contribution in [-0.2, 0) is 14.8 Å². The molecule has 0 aromatic heterocycles. The third-order valence-corrected chi connectivity index (χ3v) is 8.34. The largest absolute Gasteiger partial charge is 0.476 e. The Morgan fingerprint density at radius 2 is 1.35 bits per heavy atom. The van der Waals surface area contributed by atoms with Gasteiger partial charge in [0.05, 0.1) is 10.6 Å². The van der Waals surface area contributed by atoms with Gasteiger partial charge in [-0.2, -0.15) is 0 Å². The summed E-state index contributed by atoms with van der Waals surface area (Å²) in [5.74, 6) is 0.0691. The molecule has 0 N–H and O–H groups in total. The number of nitrogens with zero attached hydrogens (tertiary/aromatic N) is 2. The highest BCUT2D eigenvalue weighted by atomic mass is 35.5. The molecule has 1 aliphatic rings. The molecule has 0 radical (unpaired) electrons. The minimum absolute atomic E-state index is 0.0851. The first-order valence-electron chi connectivity index (χ1n) is 11.4. The van der Waals surface area contributed by atoms with Gasteiger partial charge < -0.3 is 4.74 Å². The maximum atomic E-state index is 14.2. The Hall–Kier alpha value is -3.52. The van der Waals surface area contributed by atoms with Crippen LogP contribution >= 0.6 is 23.2 Å². The molecule has 0 unspecified atom stereocenters. The van der Waals surface area contributed by atoms with Crippen LogP contribution in [0.1, 0.15) is 5.56 Å². The smallest absolute Gasteiger partial charge is 0.274 e. The predicted molar refractivity (Wildman–Crippen MR) is 146 cm³/mol. The summed E-state index contributed by atoms with van der Waals surface area (Å²) >= 11 is 12.2. The number of anilines is 2. The number of sulfonamides is 1. The van der Waals surface area contributed by atoms with Gasteiger partial charge in [0.25, 0.3) is 15.9 Å². The Bertz CT molecular complexity index is 1510. The van der Waals surface area contributed by atoms with Crippen LogP contribution in [0.2, 0.25) is 10.0 Å². The second-order valence-electron chi connectivity index (χ2n) is 8.54. The lowest BCUT2D eigenvalue weighted by Crippen LogP contribution is -2.74. The molecule has 1 fully saturated rings. The fourth-order valence-corrected chi connectivity index (χ4v) is 6.01. The van der Waals surface area contributed by atoms with Crippen molar-refractivity contribution in [1.82, 2.24) is 0 Å². The number of para-hydroxylation sites is 1. The fourth-order valence-electron chi connectivity index (χ4n) is 4.16. The lowest BCUT2D eigenvalue weighted by Gasteiger charge is -2.50. The Kier molecular flexibility index (Phi) is 6.86. The van der Waals surface area contributed by atoms with E-state index in [0.717, 1.165) is 5.56 Å². The van der Waals surface area contributed by atoms with E-state index in [2.05, 4.69) is 0 Å². The molecule has 6 nitrogen and oxygen atoms in total. The summed E-state index contributed by atoms with van der Waals surface area (Å²) in [5, 5.41) is 0.944. The number of aryl methyl sites for hydroxylation is 1. The first-order chi connectivity index (χ1) is 17.8. The Morgan fingerprint density at radius 1 is 0.784 bits per heavy atom. The molecule has 2 atom stereocenters. The van der Waals surface area contributed by atoms with Gasteiger partial charge in [0, 0.05) is 15.7 Å². The number of β-lactam (4-membered cyclic amide) rings is 1. The SMILES string of the molecule is Cc1ccc(S(=O)(=O)N(c2ccc(Cl)cc2)[C@@H]2[C@@H](Oc3ccccc3)C(=O)N2c2ccc(Cl)cc2)cc1. The maximum Gasteiger partial charge on any atom is 0.274 e. The number of ether oxygens (including phenoxy) is 1. The zero-order valence-electron chi connectivity index (χ0n) is 19.7. The summed E-state index contributed by atoms with van der Waals surface area (Å²) in [4.78, 5) is 15.0. The number of amides is 1. The number of hydrogen-bond donors (Lipinski definition) is 0. The van der Waals surface area contributed by atoms with Crippen molar-refractivity contribution in [2.45, 2.75) is 24.1 Å². The normalized spacial score (nSPS) is 17.3. The fraction of sp³-hybridized carbons (Fsp3) is 0.107. The lowest BCUT2D eigenvalue weighted by atomic mass is 10.0. The van der Waals surface area contributed by atoms with Gasteiger partial charge in [-0.3, -0.25) is 9.69 Å². The minimum atomic E-state index is -4.15. The second kappa shape index (κ2) is 10.1. The highest BCUT2D eigenvalue weighted by molar-refractivity contribution is 7.92. The second-order valence-corrected chi connectivity index (χ2v) is 11.2. The number of carbonyl (C=O) groups is 1. The molecule has 4 aromatic carbocycles. The van der Waals surface area contributed by atoms with Crippen LogP contribution in [0.5, 0.6) is 5.75 Å². The quantitative estimate of drug-likeness (QED) is 0.252. The summed E-state index contributed by atoms with van der Waals surface area (Å²) in [5.41, 5.74) is 1.75. The summed E-state index contributed by atoms with van der Waals surface area (Å²) in [6.45, 7) is 1.88. The zero-order valence-corrected chi connectivity index (χ0v) is 22.0. The molecule has 1 saturated heterocycles. The van der Waals surface area contributed by atoms with Crippen LogP contribution in [-0.4, -0.2) is 26.6 Å². The highest BCUT2D eigenvalue weighted by Crippen LogP contribution is 2.39. The van der Waals surface area contributed by atoms with Gasteiger partial charge in [0.1, 0.15) is 5.75 Å². The number of halogens is 2. The Morgan fingerprint density at radius 3 is 1.95 bits per heavy atom. The minimum Gasteiger partial charge on any atom is -0.476 e. The van der Waals surface area contributed by atoms with Gasteiger partial charge in [-0.1, -0.05) is 59.1 Å². The standard InChI is InChI=1S/C28H22Cl2N2O4S/c1-19-7-17-25(18-8-19)37(34,35)32(23-15-11-21(30)12-16-23)27-26(36-24-5-3-2-4-6-24)28(33)31(27)22-13-9-20(29)10-14-22/h2-18,26-27H,1H3/t26-,27-/m1/s1. The van der Waals surface area contributed by atoms with Crippen LogP contribution in [0.4, 0.5) is 11.4 Å². The van der Waals surface area contributed by atoms with E-state index in [1.165, 1.54) is 9.21 Å². The molecule has 1 heterocycles. The summed E-state index contributed by atoms with van der Waals surface area (Å²) in [7, 11) is -4.15. The summed E-state index contributed by atoms with van der Waals surface area (Å²) in [6, 6.07) is 28.5. The number of rotatable bonds is 7. The monoisotopic (exact) mass is 552 g/mol. The van der Waals surface area contributed by atoms with E-state index in [0.29, 0.717) is 27.2 Å². The van der Waals surface area contributed by atoms with E-state index in [1.54, 1.807) is 97.1 Å². The molecule has 4 aromatic rings. The van der Waals surface area contributed by atoms with E-state index >= 15 is 0 Å². The van der Waals surface area contributed by atoms with E-state index in [4.69, 9.17) is 27.9 Å². The maximum absolute atomic E-state index is 14.2. The van der Waals surface area contributed by atoms with Crippen molar-refractivity contribution >= 4 is 50.5 Å². The number of carbonyl (C=O) groups excluding carboxylic acids is 1. The van der Waals surface area contributed by atoms with Gasteiger partial charge >= 0.3 is 0 Å². The first kappa shape index (κ1) is 25.1. The summed E-state index contributed by atoms with van der Waals surface area (Å²) < 4.78 is 35.7. The van der Waals surface area contributed by atoms with Crippen molar-refractivity contribution in [2.24, 2.45) is 0 Å². The first-order valence-corrected chi connectivity index (χ1v) is 13.6. The van der Waals surface area contributed by atoms with Crippen LogP contribution in [0.15, 0.2) is 108 Å². The van der Waals surface area contributed by atoms with Crippen molar-refractivity contribution < 1.29 is 17.9 Å².